The SMILES string of the molecule is CC(=O)OC[C@H]1O[C@H](O)[C@H](NC(=O)C(Cl)(Cl)Cl)[C@@H](OC(C)=O)[C@@H]1OC(C)=O.NC(=O)C(Cl)(Cl)Cl. The van der Waals surface area contributed by atoms with Crippen LogP contribution in [0.1, 0.15) is 20.8 Å². The summed E-state index contributed by atoms with van der Waals surface area (Å²) in [5.74, 6) is -4.36. The molecule has 1 saturated heterocycles. The van der Waals surface area contributed by atoms with Crippen molar-refractivity contribution in [3.63, 3.8) is 0 Å². The lowest BCUT2D eigenvalue weighted by atomic mass is 9.96. The number of aliphatic hydroxyl groups is 1. The van der Waals surface area contributed by atoms with Gasteiger partial charge in [-0.3, -0.25) is 24.0 Å². The number of alkyl halides is 6. The quantitative estimate of drug-likeness (QED) is 0.228. The van der Waals surface area contributed by atoms with Crippen LogP contribution in [-0.2, 0) is 42.9 Å². The molecular weight excluding hydrogens is 593 g/mol. The largest absolute Gasteiger partial charge is 0.463 e. The minimum Gasteiger partial charge on any atom is -0.463 e. The summed E-state index contributed by atoms with van der Waals surface area (Å²) in [4.78, 5) is 55.8. The number of amides is 2. The average Bonchev–Trinajstić information content (AvgIpc) is 2.63. The van der Waals surface area contributed by atoms with Crippen LogP contribution in [0.15, 0.2) is 0 Å². The monoisotopic (exact) mass is 610 g/mol. The fourth-order valence-electron chi connectivity index (χ4n) is 2.31. The van der Waals surface area contributed by atoms with E-state index in [9.17, 15) is 29.1 Å². The van der Waals surface area contributed by atoms with E-state index in [2.05, 4.69) is 11.1 Å². The van der Waals surface area contributed by atoms with Gasteiger partial charge in [0.2, 0.25) is 0 Å². The Kier molecular flexibility index (Phi) is 13.5. The summed E-state index contributed by atoms with van der Waals surface area (Å²) < 4.78 is 15.9. The molecule has 0 aromatic heterocycles. The Morgan fingerprint density at radius 2 is 1.32 bits per heavy atom. The summed E-state index contributed by atoms with van der Waals surface area (Å²) >= 11 is 31.2. The predicted molar refractivity (Wildman–Crippen MR) is 120 cm³/mol. The number of hydrogen-bond donors (Lipinski definition) is 3. The summed E-state index contributed by atoms with van der Waals surface area (Å²) in [5, 5.41) is 12.4. The fraction of sp³-hybridized carbons (Fsp3) is 0.688. The summed E-state index contributed by atoms with van der Waals surface area (Å²) in [6.45, 7) is 2.84. The van der Waals surface area contributed by atoms with Gasteiger partial charge in [0.1, 0.15) is 18.8 Å². The molecule has 0 aliphatic carbocycles. The molecule has 12 nitrogen and oxygen atoms in total. The van der Waals surface area contributed by atoms with E-state index >= 15 is 0 Å². The van der Waals surface area contributed by atoms with Gasteiger partial charge in [-0.1, -0.05) is 69.6 Å². The number of carbonyl (C=O) groups excluding carboxylic acids is 5. The first-order valence-electron chi connectivity index (χ1n) is 8.83. The first kappa shape index (κ1) is 33.0. The number of nitrogens with one attached hydrogen (secondary N) is 1. The Bertz CT molecular complexity index is 772. The van der Waals surface area contributed by atoms with Crippen molar-refractivity contribution in [1.82, 2.24) is 5.32 Å². The number of hydrogen-bond acceptors (Lipinski definition) is 10. The maximum absolute atomic E-state index is 11.9. The number of primary amides is 1. The van der Waals surface area contributed by atoms with Crippen molar-refractivity contribution in [3.05, 3.63) is 0 Å². The Labute approximate surface area is 223 Å². The molecule has 196 valence electrons. The van der Waals surface area contributed by atoms with Gasteiger partial charge in [0.05, 0.1) is 0 Å². The lowest BCUT2D eigenvalue weighted by Crippen LogP contribution is -2.67. The lowest BCUT2D eigenvalue weighted by molar-refractivity contribution is -0.264. The molecule has 0 radical (unpaired) electrons. The second-order valence-corrected chi connectivity index (χ2v) is 10.9. The molecule has 0 bridgehead atoms. The standard InChI is InChI=1S/C14H18Cl3NO9.C2H2Cl3NO/c1-5(19)24-4-8-10(25-6(2)20)11(26-7(3)21)9(12(22)27-8)18-13(23)14(15,16)17;3-2(4,5)1(6)7/h8-12,22H,4H2,1-3H3,(H,18,23);(H2,6,7)/t8-,9-,10-,11-,12+;/m1./s1. The molecule has 0 unspecified atom stereocenters. The summed E-state index contributed by atoms with van der Waals surface area (Å²) in [5.41, 5.74) is 4.53. The zero-order chi connectivity index (χ0) is 27.0. The van der Waals surface area contributed by atoms with Crippen molar-refractivity contribution in [3.8, 4) is 0 Å². The van der Waals surface area contributed by atoms with Crippen LogP contribution in [0.3, 0.4) is 0 Å². The van der Waals surface area contributed by atoms with Gasteiger partial charge in [0.25, 0.3) is 19.4 Å². The molecule has 4 N–H and O–H groups in total. The molecule has 1 aliphatic rings. The van der Waals surface area contributed by atoms with Crippen LogP contribution >= 0.6 is 69.6 Å². The highest BCUT2D eigenvalue weighted by Gasteiger charge is 2.51. The Hall–Kier alpha value is -0.990. The molecule has 18 heteroatoms. The van der Waals surface area contributed by atoms with Crippen LogP contribution in [0, 0.1) is 0 Å². The van der Waals surface area contributed by atoms with Crippen molar-refractivity contribution in [2.24, 2.45) is 5.73 Å². The third-order valence-corrected chi connectivity index (χ3v) is 4.63. The minimum absolute atomic E-state index is 0.423. The number of halogens is 6. The second-order valence-electron chi connectivity index (χ2n) is 6.37. The summed E-state index contributed by atoms with van der Waals surface area (Å²) in [6.07, 6.45) is -5.72. The number of carbonyl (C=O) groups is 5. The second kappa shape index (κ2) is 13.9. The van der Waals surface area contributed by atoms with E-state index in [-0.39, 0.29) is 0 Å². The number of nitrogens with two attached hydrogens (primary N) is 1. The van der Waals surface area contributed by atoms with Crippen LogP contribution in [0.4, 0.5) is 0 Å². The zero-order valence-corrected chi connectivity index (χ0v) is 22.1. The van der Waals surface area contributed by atoms with Crippen LogP contribution < -0.4 is 11.1 Å². The third kappa shape index (κ3) is 12.1. The van der Waals surface area contributed by atoms with Crippen molar-refractivity contribution < 1.29 is 48.0 Å². The molecule has 34 heavy (non-hydrogen) atoms. The van der Waals surface area contributed by atoms with Gasteiger partial charge in [0.15, 0.2) is 18.5 Å². The van der Waals surface area contributed by atoms with Crippen molar-refractivity contribution in [2.45, 2.75) is 59.0 Å². The number of aliphatic hydroxyl groups excluding tert-OH is 1. The predicted octanol–water partition coefficient (Wildman–Crippen LogP) is 0.827. The van der Waals surface area contributed by atoms with Gasteiger partial charge in [-0.25, -0.2) is 0 Å². The highest BCUT2D eigenvalue weighted by Crippen LogP contribution is 2.30. The number of esters is 3. The van der Waals surface area contributed by atoms with E-state index in [0.717, 1.165) is 20.8 Å². The molecule has 0 aromatic rings. The topological polar surface area (TPSA) is 181 Å². The maximum atomic E-state index is 11.9. The van der Waals surface area contributed by atoms with Crippen LogP contribution in [-0.4, -0.2) is 79.7 Å². The van der Waals surface area contributed by atoms with Crippen molar-refractivity contribution >= 4 is 99.3 Å². The van der Waals surface area contributed by atoms with Gasteiger partial charge in [-0.15, -0.1) is 0 Å². The number of ether oxygens (including phenoxy) is 4. The van der Waals surface area contributed by atoms with E-state index in [1.54, 1.807) is 0 Å². The lowest BCUT2D eigenvalue weighted by Gasteiger charge is -2.43. The first-order valence-corrected chi connectivity index (χ1v) is 11.1. The average molecular weight is 613 g/mol. The number of rotatable bonds is 5. The third-order valence-electron chi connectivity index (χ3n) is 3.56. The fourth-order valence-corrected chi connectivity index (χ4v) is 2.47. The van der Waals surface area contributed by atoms with Crippen LogP contribution in [0.25, 0.3) is 0 Å². The smallest absolute Gasteiger partial charge is 0.303 e. The first-order chi connectivity index (χ1) is 15.3. The van der Waals surface area contributed by atoms with E-state index in [1.807, 2.05) is 0 Å². The molecule has 1 aliphatic heterocycles. The molecule has 1 fully saturated rings. The molecule has 0 saturated carbocycles. The Morgan fingerprint density at radius 1 is 0.882 bits per heavy atom. The zero-order valence-electron chi connectivity index (χ0n) is 17.6. The van der Waals surface area contributed by atoms with Crippen LogP contribution in [0.5, 0.6) is 0 Å². The summed E-state index contributed by atoms with van der Waals surface area (Å²) in [6, 6.07) is -1.45. The minimum atomic E-state index is -2.38. The molecule has 2 amide bonds. The Morgan fingerprint density at radius 3 is 1.68 bits per heavy atom. The molecule has 0 aromatic carbocycles. The van der Waals surface area contributed by atoms with E-state index in [1.165, 1.54) is 0 Å². The highest BCUT2D eigenvalue weighted by molar-refractivity contribution is 6.76. The van der Waals surface area contributed by atoms with Gasteiger partial charge in [0, 0.05) is 20.8 Å². The maximum Gasteiger partial charge on any atom is 0.303 e. The molecule has 1 rings (SSSR count). The molecule has 0 spiro atoms. The normalized spacial score (nSPS) is 24.6. The van der Waals surface area contributed by atoms with E-state index in [0.29, 0.717) is 0 Å². The summed E-state index contributed by atoms with van der Waals surface area (Å²) in [7, 11) is 0. The molecule has 5 atom stereocenters. The van der Waals surface area contributed by atoms with Gasteiger partial charge in [-0.2, -0.15) is 0 Å². The van der Waals surface area contributed by atoms with Crippen LogP contribution in [0.2, 0.25) is 0 Å². The van der Waals surface area contributed by atoms with E-state index in [4.69, 9.17) is 88.6 Å². The van der Waals surface area contributed by atoms with Gasteiger partial charge < -0.3 is 35.1 Å². The van der Waals surface area contributed by atoms with Gasteiger partial charge in [-0.05, 0) is 0 Å². The van der Waals surface area contributed by atoms with Crippen molar-refractivity contribution in [2.75, 3.05) is 6.61 Å². The highest BCUT2D eigenvalue weighted by atomic mass is 35.6. The molecule has 1 heterocycles. The van der Waals surface area contributed by atoms with Gasteiger partial charge >= 0.3 is 17.9 Å². The van der Waals surface area contributed by atoms with E-state index < -0.39 is 74.6 Å². The van der Waals surface area contributed by atoms with Crippen molar-refractivity contribution in [1.29, 1.82) is 0 Å². The molecular formula is C16H20Cl6N2O10. The Balaban J connectivity index is 0.00000135.